The Labute approximate surface area is 246 Å². The van der Waals surface area contributed by atoms with Crippen LogP contribution >= 0.6 is 0 Å². The largest absolute Gasteiger partial charge is 0.497 e. The minimum Gasteiger partial charge on any atom is -0.497 e. The number of nitrogens with one attached hydrogen (secondary N) is 2. The molecule has 1 aliphatic heterocycles. The van der Waals surface area contributed by atoms with Crippen molar-refractivity contribution in [2.75, 3.05) is 31.0 Å². The quantitative estimate of drug-likeness (QED) is 0.217. The molecule has 2 N–H and O–H groups in total. The number of ether oxygens (including phenoxy) is 3. The molecule has 2 aromatic carbocycles. The molecule has 0 fully saturated rings. The van der Waals surface area contributed by atoms with Crippen LogP contribution in [0.4, 0.5) is 11.4 Å². The van der Waals surface area contributed by atoms with E-state index in [1.54, 1.807) is 50.2 Å². The van der Waals surface area contributed by atoms with Gasteiger partial charge in [0.2, 0.25) is 0 Å². The molecule has 0 saturated carbocycles. The van der Waals surface area contributed by atoms with Gasteiger partial charge in [-0.25, -0.2) is 9.59 Å². The van der Waals surface area contributed by atoms with Crippen LogP contribution in [-0.4, -0.2) is 50.5 Å². The summed E-state index contributed by atoms with van der Waals surface area (Å²) in [5, 5.41) is 4.90. The van der Waals surface area contributed by atoms with Gasteiger partial charge in [-0.05, 0) is 80.6 Å². The van der Waals surface area contributed by atoms with Crippen LogP contribution in [0, 0.1) is 0 Å². The van der Waals surface area contributed by atoms with Crippen LogP contribution in [-0.2, 0) is 35.2 Å². The van der Waals surface area contributed by atoms with Crippen molar-refractivity contribution in [3.63, 3.8) is 0 Å². The second-order valence-electron chi connectivity index (χ2n) is 9.09. The molecule has 3 aromatic rings. The summed E-state index contributed by atoms with van der Waals surface area (Å²) in [4.78, 5) is 63.9. The van der Waals surface area contributed by atoms with Crippen LogP contribution in [0.2, 0.25) is 0 Å². The van der Waals surface area contributed by atoms with Gasteiger partial charge in [0.05, 0.1) is 44.1 Å². The fourth-order valence-electron chi connectivity index (χ4n) is 4.27. The lowest BCUT2D eigenvalue weighted by Gasteiger charge is -2.18. The molecule has 0 spiro atoms. The van der Waals surface area contributed by atoms with Gasteiger partial charge < -0.3 is 29.3 Å². The predicted octanol–water partition coefficient (Wildman–Crippen LogP) is 3.60. The number of carbonyl (C=O) groups excluding carboxylic acids is 5. The van der Waals surface area contributed by atoms with Gasteiger partial charge in [0, 0.05) is 17.1 Å². The molecule has 1 aromatic heterocycles. The number of furan rings is 1. The van der Waals surface area contributed by atoms with Crippen molar-refractivity contribution in [3.05, 3.63) is 94.6 Å². The summed E-state index contributed by atoms with van der Waals surface area (Å²) in [6.07, 6.45) is 1.42. The van der Waals surface area contributed by atoms with Gasteiger partial charge in [0.25, 0.3) is 5.91 Å². The van der Waals surface area contributed by atoms with Gasteiger partial charge in [-0.3, -0.25) is 19.3 Å². The Bertz CT molecular complexity index is 1620. The number of carbonyl (C=O) groups is 5. The van der Waals surface area contributed by atoms with E-state index in [-0.39, 0.29) is 30.1 Å². The molecule has 0 aliphatic carbocycles. The van der Waals surface area contributed by atoms with Gasteiger partial charge in [0.1, 0.15) is 17.3 Å². The Morgan fingerprint density at radius 2 is 1.60 bits per heavy atom. The van der Waals surface area contributed by atoms with Gasteiger partial charge in [-0.15, -0.1) is 0 Å². The average molecular weight is 588 g/mol. The maximum atomic E-state index is 13.4. The number of rotatable bonds is 9. The molecule has 4 rings (SSSR count). The molecule has 0 unspecified atom stereocenters. The molecule has 43 heavy (non-hydrogen) atoms. The summed E-state index contributed by atoms with van der Waals surface area (Å²) in [5.41, 5.74) is 1.69. The van der Waals surface area contributed by atoms with Crippen LogP contribution in [0.25, 0.3) is 6.08 Å². The third-order valence-corrected chi connectivity index (χ3v) is 6.37. The molecule has 12 nitrogen and oxygen atoms in total. The van der Waals surface area contributed by atoms with Crippen molar-refractivity contribution in [1.29, 1.82) is 0 Å². The van der Waals surface area contributed by atoms with Crippen molar-refractivity contribution in [2.45, 2.75) is 20.4 Å². The smallest absolute Gasteiger partial charge is 0.340 e. The first kappa shape index (κ1) is 30.3. The molecule has 0 radical (unpaired) electrons. The number of amides is 3. The maximum Gasteiger partial charge on any atom is 0.340 e. The van der Waals surface area contributed by atoms with Crippen LogP contribution in [0.3, 0.4) is 0 Å². The highest BCUT2D eigenvalue weighted by Crippen LogP contribution is 2.36. The molecule has 0 atom stereocenters. The number of hydrogen-bond acceptors (Lipinski definition) is 9. The number of benzene rings is 2. The SMILES string of the molecule is CCOC(=O)c1ccc(NC(=O)C(=O)NCc2ccc(/C=C3/C(=O)N(c4ccc(OC)cc4)C(C)=C3C(=O)OC)o2)cc1. The second kappa shape index (κ2) is 13.3. The van der Waals surface area contributed by atoms with E-state index in [9.17, 15) is 24.0 Å². The van der Waals surface area contributed by atoms with E-state index >= 15 is 0 Å². The third-order valence-electron chi connectivity index (χ3n) is 6.37. The fourth-order valence-corrected chi connectivity index (χ4v) is 4.27. The second-order valence-corrected chi connectivity index (χ2v) is 9.09. The van der Waals surface area contributed by atoms with E-state index in [1.807, 2.05) is 0 Å². The van der Waals surface area contributed by atoms with Crippen molar-refractivity contribution in [2.24, 2.45) is 0 Å². The molecule has 0 saturated heterocycles. The zero-order valence-corrected chi connectivity index (χ0v) is 23.9. The summed E-state index contributed by atoms with van der Waals surface area (Å²) in [5.74, 6) is -2.33. The number of hydrogen-bond donors (Lipinski definition) is 2. The Hall–Kier alpha value is -5.65. The summed E-state index contributed by atoms with van der Waals surface area (Å²) >= 11 is 0. The lowest BCUT2D eigenvalue weighted by atomic mass is 10.1. The van der Waals surface area contributed by atoms with E-state index in [2.05, 4.69) is 10.6 Å². The lowest BCUT2D eigenvalue weighted by molar-refractivity contribution is -0.136. The van der Waals surface area contributed by atoms with Crippen molar-refractivity contribution >= 4 is 47.1 Å². The monoisotopic (exact) mass is 587 g/mol. The zero-order valence-electron chi connectivity index (χ0n) is 23.9. The fraction of sp³-hybridized carbons (Fsp3) is 0.194. The minimum absolute atomic E-state index is 0.0680. The van der Waals surface area contributed by atoms with E-state index in [4.69, 9.17) is 18.6 Å². The van der Waals surface area contributed by atoms with Crippen LogP contribution in [0.1, 0.15) is 35.7 Å². The topological polar surface area (TPSA) is 153 Å². The van der Waals surface area contributed by atoms with E-state index < -0.39 is 29.7 Å². The zero-order chi connectivity index (χ0) is 31.1. The summed E-state index contributed by atoms with van der Waals surface area (Å²) in [7, 11) is 2.76. The maximum absolute atomic E-state index is 13.4. The van der Waals surface area contributed by atoms with Crippen LogP contribution < -0.4 is 20.3 Å². The summed E-state index contributed by atoms with van der Waals surface area (Å²) < 4.78 is 20.8. The number of esters is 2. The van der Waals surface area contributed by atoms with E-state index in [0.29, 0.717) is 34.1 Å². The summed E-state index contributed by atoms with van der Waals surface area (Å²) in [6, 6.07) is 15.8. The predicted molar refractivity (Wildman–Crippen MR) is 155 cm³/mol. The molecule has 0 bridgehead atoms. The highest BCUT2D eigenvalue weighted by molar-refractivity contribution is 6.39. The molecular weight excluding hydrogens is 558 g/mol. The van der Waals surface area contributed by atoms with Crippen molar-refractivity contribution in [1.82, 2.24) is 5.32 Å². The first-order chi connectivity index (χ1) is 20.7. The van der Waals surface area contributed by atoms with E-state index in [1.165, 1.54) is 49.5 Å². The van der Waals surface area contributed by atoms with Crippen LogP contribution in [0.15, 0.2) is 81.9 Å². The number of methoxy groups -OCH3 is 2. The minimum atomic E-state index is -0.920. The number of nitrogens with zero attached hydrogens (tertiary/aromatic N) is 1. The Kier molecular flexibility index (Phi) is 9.40. The van der Waals surface area contributed by atoms with Gasteiger partial charge in [0.15, 0.2) is 0 Å². The van der Waals surface area contributed by atoms with Crippen molar-refractivity contribution < 1.29 is 42.6 Å². The highest BCUT2D eigenvalue weighted by Gasteiger charge is 2.38. The molecule has 3 amide bonds. The summed E-state index contributed by atoms with van der Waals surface area (Å²) in [6.45, 7) is 3.44. The van der Waals surface area contributed by atoms with Crippen molar-refractivity contribution in [3.8, 4) is 5.75 Å². The number of allylic oxidation sites excluding steroid dienone is 1. The molecular formula is C31H29N3O9. The Morgan fingerprint density at radius 1 is 0.907 bits per heavy atom. The lowest BCUT2D eigenvalue weighted by Crippen LogP contribution is -2.34. The standard InChI is InChI=1S/C31H29N3O9/c1-5-42-30(38)19-6-8-20(9-7-19)33-28(36)27(35)32-17-24-15-14-23(43-24)16-25-26(31(39)41-4)18(2)34(29(25)37)21-10-12-22(40-3)13-11-21/h6-16H,5,17H2,1-4H3,(H,32,35)(H,33,36)/b25-16+. The Balaban J connectivity index is 1.43. The third kappa shape index (κ3) is 6.81. The normalized spacial score (nSPS) is 13.6. The highest BCUT2D eigenvalue weighted by atomic mass is 16.5. The first-order valence-corrected chi connectivity index (χ1v) is 13.1. The molecule has 2 heterocycles. The Morgan fingerprint density at radius 3 is 2.23 bits per heavy atom. The van der Waals surface area contributed by atoms with Gasteiger partial charge in [-0.2, -0.15) is 0 Å². The van der Waals surface area contributed by atoms with Gasteiger partial charge in [-0.1, -0.05) is 0 Å². The molecule has 12 heteroatoms. The van der Waals surface area contributed by atoms with Crippen LogP contribution in [0.5, 0.6) is 5.75 Å². The molecule has 1 aliphatic rings. The van der Waals surface area contributed by atoms with E-state index in [0.717, 1.165) is 0 Å². The van der Waals surface area contributed by atoms with Gasteiger partial charge >= 0.3 is 23.8 Å². The number of anilines is 2. The average Bonchev–Trinajstić information content (AvgIpc) is 3.56. The molecule has 222 valence electrons. The first-order valence-electron chi connectivity index (χ1n) is 13.1.